The van der Waals surface area contributed by atoms with E-state index in [1.165, 1.54) is 7.11 Å². The van der Waals surface area contributed by atoms with Crippen molar-refractivity contribution in [2.75, 3.05) is 19.0 Å². The van der Waals surface area contributed by atoms with E-state index in [1.54, 1.807) is 6.92 Å². The number of halogens is 1. The predicted molar refractivity (Wildman–Crippen MR) is 41.2 cm³/mol. The quantitative estimate of drug-likeness (QED) is 0.513. The molecule has 0 rings (SSSR count). The molecule has 1 unspecified atom stereocenters. The van der Waals surface area contributed by atoms with Crippen LogP contribution in [0.25, 0.3) is 0 Å². The molecular weight excluding hydrogens is 200 g/mol. The van der Waals surface area contributed by atoms with E-state index in [2.05, 4.69) is 15.9 Å². The van der Waals surface area contributed by atoms with Gasteiger partial charge in [-0.1, -0.05) is 15.9 Å². The lowest BCUT2D eigenvalue weighted by atomic mass is 10.4. The molecule has 0 heterocycles. The van der Waals surface area contributed by atoms with Crippen LogP contribution in [0.1, 0.15) is 6.92 Å². The SMILES string of the molecule is COC(C)C(=O)OCCBr. The van der Waals surface area contributed by atoms with Gasteiger partial charge in [0.2, 0.25) is 0 Å². The highest BCUT2D eigenvalue weighted by molar-refractivity contribution is 9.09. The molecule has 0 fully saturated rings. The van der Waals surface area contributed by atoms with Crippen molar-refractivity contribution >= 4 is 21.9 Å². The molecule has 10 heavy (non-hydrogen) atoms. The first-order valence-electron chi connectivity index (χ1n) is 2.97. The van der Waals surface area contributed by atoms with Gasteiger partial charge in [0.25, 0.3) is 0 Å². The number of hydrogen-bond acceptors (Lipinski definition) is 3. The van der Waals surface area contributed by atoms with Crippen LogP contribution in [0.4, 0.5) is 0 Å². The Hall–Kier alpha value is -0.0900. The molecule has 60 valence electrons. The maximum atomic E-state index is 10.8. The van der Waals surface area contributed by atoms with Crippen LogP contribution in [-0.4, -0.2) is 31.1 Å². The predicted octanol–water partition coefficient (Wildman–Crippen LogP) is 0.959. The van der Waals surface area contributed by atoms with E-state index in [9.17, 15) is 4.79 Å². The summed E-state index contributed by atoms with van der Waals surface area (Å²) in [5.41, 5.74) is 0. The number of methoxy groups -OCH3 is 1. The van der Waals surface area contributed by atoms with Crippen molar-refractivity contribution in [3.63, 3.8) is 0 Å². The number of carbonyl (C=O) groups excluding carboxylic acids is 1. The Balaban J connectivity index is 3.42. The van der Waals surface area contributed by atoms with Crippen LogP contribution in [-0.2, 0) is 14.3 Å². The van der Waals surface area contributed by atoms with E-state index in [0.717, 1.165) is 0 Å². The first-order valence-corrected chi connectivity index (χ1v) is 4.10. The van der Waals surface area contributed by atoms with Crippen molar-refractivity contribution < 1.29 is 14.3 Å². The van der Waals surface area contributed by atoms with E-state index in [4.69, 9.17) is 9.47 Å². The van der Waals surface area contributed by atoms with Crippen LogP contribution in [0.2, 0.25) is 0 Å². The maximum Gasteiger partial charge on any atom is 0.334 e. The third kappa shape index (κ3) is 3.85. The molecule has 0 saturated carbocycles. The van der Waals surface area contributed by atoms with E-state index < -0.39 is 6.10 Å². The zero-order valence-corrected chi connectivity index (χ0v) is 7.68. The van der Waals surface area contributed by atoms with Crippen molar-refractivity contribution in [1.29, 1.82) is 0 Å². The van der Waals surface area contributed by atoms with E-state index in [1.807, 2.05) is 0 Å². The van der Waals surface area contributed by atoms with Gasteiger partial charge in [-0.15, -0.1) is 0 Å². The number of rotatable bonds is 4. The Morgan fingerprint density at radius 1 is 1.70 bits per heavy atom. The zero-order chi connectivity index (χ0) is 7.98. The molecule has 0 saturated heterocycles. The van der Waals surface area contributed by atoms with Crippen LogP contribution in [0.5, 0.6) is 0 Å². The van der Waals surface area contributed by atoms with E-state index in [0.29, 0.717) is 11.9 Å². The molecule has 0 aliphatic carbocycles. The van der Waals surface area contributed by atoms with Crippen LogP contribution < -0.4 is 0 Å². The molecule has 1 atom stereocenters. The van der Waals surface area contributed by atoms with Gasteiger partial charge in [-0.25, -0.2) is 4.79 Å². The molecule has 0 aromatic carbocycles. The lowest BCUT2D eigenvalue weighted by molar-refractivity contribution is -0.153. The zero-order valence-electron chi connectivity index (χ0n) is 6.09. The molecule has 0 aliphatic rings. The first-order chi connectivity index (χ1) is 4.72. The topological polar surface area (TPSA) is 35.5 Å². The lowest BCUT2D eigenvalue weighted by Crippen LogP contribution is -2.22. The minimum Gasteiger partial charge on any atom is -0.463 e. The minimum absolute atomic E-state index is 0.318. The second-order valence-electron chi connectivity index (χ2n) is 1.73. The standard InChI is InChI=1S/C6H11BrO3/c1-5(9-2)6(8)10-4-3-7/h5H,3-4H2,1-2H3. The molecule has 0 spiro atoms. The van der Waals surface area contributed by atoms with Gasteiger partial charge < -0.3 is 9.47 Å². The van der Waals surface area contributed by atoms with E-state index >= 15 is 0 Å². The summed E-state index contributed by atoms with van der Waals surface area (Å²) in [5, 5.41) is 0.662. The van der Waals surface area contributed by atoms with Gasteiger partial charge in [-0.05, 0) is 6.92 Å². The van der Waals surface area contributed by atoms with Gasteiger partial charge in [0, 0.05) is 12.4 Å². The number of alkyl halides is 1. The van der Waals surface area contributed by atoms with Crippen molar-refractivity contribution in [2.24, 2.45) is 0 Å². The van der Waals surface area contributed by atoms with Gasteiger partial charge >= 0.3 is 5.97 Å². The smallest absolute Gasteiger partial charge is 0.334 e. The van der Waals surface area contributed by atoms with E-state index in [-0.39, 0.29) is 5.97 Å². The van der Waals surface area contributed by atoms with Crippen LogP contribution >= 0.6 is 15.9 Å². The molecule has 0 aromatic rings. The Kier molecular flexibility index (Phi) is 5.63. The molecular formula is C6H11BrO3. The number of esters is 1. The normalized spacial score (nSPS) is 12.7. The molecule has 0 amide bonds. The molecule has 3 nitrogen and oxygen atoms in total. The number of carbonyl (C=O) groups is 1. The largest absolute Gasteiger partial charge is 0.463 e. The molecule has 0 aliphatic heterocycles. The Bertz CT molecular complexity index is 105. The fourth-order valence-corrected chi connectivity index (χ4v) is 0.515. The van der Waals surface area contributed by atoms with Crippen molar-refractivity contribution in [3.05, 3.63) is 0 Å². The fourth-order valence-electron chi connectivity index (χ4n) is 0.353. The van der Waals surface area contributed by atoms with Crippen molar-refractivity contribution in [2.45, 2.75) is 13.0 Å². The second-order valence-corrected chi connectivity index (χ2v) is 2.53. The third-order valence-electron chi connectivity index (χ3n) is 1.01. The Labute approximate surface area is 68.8 Å². The summed E-state index contributed by atoms with van der Waals surface area (Å²) in [6.07, 6.45) is -0.459. The van der Waals surface area contributed by atoms with Crippen LogP contribution in [0.3, 0.4) is 0 Å². The summed E-state index contributed by atoms with van der Waals surface area (Å²) in [5.74, 6) is -0.318. The van der Waals surface area contributed by atoms with Gasteiger partial charge in [-0.3, -0.25) is 0 Å². The van der Waals surface area contributed by atoms with Crippen molar-refractivity contribution in [1.82, 2.24) is 0 Å². The van der Waals surface area contributed by atoms with Gasteiger partial charge in [-0.2, -0.15) is 0 Å². The second kappa shape index (κ2) is 5.68. The highest BCUT2D eigenvalue weighted by atomic mass is 79.9. The minimum atomic E-state index is -0.459. The maximum absolute atomic E-state index is 10.8. The number of ether oxygens (including phenoxy) is 2. The first kappa shape index (κ1) is 9.91. The number of hydrogen-bond donors (Lipinski definition) is 0. The highest BCUT2D eigenvalue weighted by Gasteiger charge is 2.11. The molecule has 0 bridgehead atoms. The monoisotopic (exact) mass is 210 g/mol. The molecule has 0 radical (unpaired) electrons. The average molecular weight is 211 g/mol. The molecule has 4 heteroatoms. The summed E-state index contributed by atoms with van der Waals surface area (Å²) >= 11 is 3.13. The molecule has 0 N–H and O–H groups in total. The summed E-state index contributed by atoms with van der Waals surface area (Å²) in [6, 6.07) is 0. The van der Waals surface area contributed by atoms with Crippen molar-refractivity contribution in [3.8, 4) is 0 Å². The van der Waals surface area contributed by atoms with Gasteiger partial charge in [0.05, 0.1) is 0 Å². The fraction of sp³-hybridized carbons (Fsp3) is 0.833. The average Bonchev–Trinajstić information content (AvgIpc) is 1.98. The summed E-state index contributed by atoms with van der Waals surface area (Å²) in [7, 11) is 1.47. The van der Waals surface area contributed by atoms with Gasteiger partial charge in [0.1, 0.15) is 6.61 Å². The van der Waals surface area contributed by atoms with Crippen LogP contribution in [0.15, 0.2) is 0 Å². The lowest BCUT2D eigenvalue weighted by Gasteiger charge is -2.07. The van der Waals surface area contributed by atoms with Gasteiger partial charge in [0.15, 0.2) is 6.10 Å². The summed E-state index contributed by atoms with van der Waals surface area (Å²) in [6.45, 7) is 2.04. The van der Waals surface area contributed by atoms with Crippen LogP contribution in [0, 0.1) is 0 Å². The third-order valence-corrected chi connectivity index (χ3v) is 1.33. The Morgan fingerprint density at radius 2 is 2.30 bits per heavy atom. The molecule has 0 aromatic heterocycles. The summed E-state index contributed by atoms with van der Waals surface area (Å²) in [4.78, 5) is 10.8. The highest BCUT2D eigenvalue weighted by Crippen LogP contribution is 1.92. The Morgan fingerprint density at radius 3 is 2.70 bits per heavy atom. The summed E-state index contributed by atoms with van der Waals surface area (Å²) < 4.78 is 9.45.